The van der Waals surface area contributed by atoms with Gasteiger partial charge in [-0.1, -0.05) is 23.7 Å². The summed E-state index contributed by atoms with van der Waals surface area (Å²) < 4.78 is 0. The molecule has 0 aliphatic carbocycles. The van der Waals surface area contributed by atoms with Gasteiger partial charge in [-0.3, -0.25) is 0 Å². The van der Waals surface area contributed by atoms with Gasteiger partial charge in [0.15, 0.2) is 0 Å². The lowest BCUT2D eigenvalue weighted by molar-refractivity contribution is 0.286. The van der Waals surface area contributed by atoms with Gasteiger partial charge in [0.25, 0.3) is 0 Å². The molecule has 0 fully saturated rings. The second kappa shape index (κ2) is 5.22. The SMILES string of the molecule is C[C@H](NCCO)c1cccc(Cl)c1. The Morgan fingerprint density at radius 2 is 2.31 bits per heavy atom. The van der Waals surface area contributed by atoms with Crippen LogP contribution in [0.15, 0.2) is 24.3 Å². The molecule has 0 spiro atoms. The number of rotatable bonds is 4. The molecule has 1 aromatic carbocycles. The van der Waals surface area contributed by atoms with Crippen molar-refractivity contribution in [2.45, 2.75) is 13.0 Å². The van der Waals surface area contributed by atoms with Crippen LogP contribution in [0.25, 0.3) is 0 Å². The number of aliphatic hydroxyl groups excluding tert-OH is 1. The predicted octanol–water partition coefficient (Wildman–Crippen LogP) is 1.98. The summed E-state index contributed by atoms with van der Waals surface area (Å²) in [6.45, 7) is 2.81. The molecule has 13 heavy (non-hydrogen) atoms. The third kappa shape index (κ3) is 3.35. The van der Waals surface area contributed by atoms with Gasteiger partial charge in [-0.25, -0.2) is 0 Å². The van der Waals surface area contributed by atoms with Crippen LogP contribution < -0.4 is 5.32 Å². The minimum absolute atomic E-state index is 0.158. The fourth-order valence-electron chi connectivity index (χ4n) is 1.17. The maximum absolute atomic E-state index is 8.63. The van der Waals surface area contributed by atoms with Crippen LogP contribution in [-0.4, -0.2) is 18.3 Å². The van der Waals surface area contributed by atoms with Gasteiger partial charge in [-0.05, 0) is 24.6 Å². The summed E-state index contributed by atoms with van der Waals surface area (Å²) in [4.78, 5) is 0. The van der Waals surface area contributed by atoms with Crippen molar-refractivity contribution in [1.82, 2.24) is 5.32 Å². The summed E-state index contributed by atoms with van der Waals surface area (Å²) in [5.74, 6) is 0. The minimum Gasteiger partial charge on any atom is -0.395 e. The van der Waals surface area contributed by atoms with E-state index in [0.29, 0.717) is 6.54 Å². The van der Waals surface area contributed by atoms with Crippen LogP contribution in [0.3, 0.4) is 0 Å². The summed E-state index contributed by atoms with van der Waals surface area (Å²) in [5, 5.41) is 12.5. The average molecular weight is 200 g/mol. The number of halogens is 1. The van der Waals surface area contributed by atoms with E-state index in [9.17, 15) is 0 Å². The molecule has 0 saturated heterocycles. The molecule has 0 unspecified atom stereocenters. The molecule has 72 valence electrons. The summed E-state index contributed by atoms with van der Waals surface area (Å²) in [7, 11) is 0. The Balaban J connectivity index is 2.60. The van der Waals surface area contributed by atoms with Gasteiger partial charge in [-0.2, -0.15) is 0 Å². The van der Waals surface area contributed by atoms with Crippen molar-refractivity contribution in [3.8, 4) is 0 Å². The van der Waals surface area contributed by atoms with E-state index in [1.807, 2.05) is 31.2 Å². The molecule has 1 aromatic rings. The lowest BCUT2D eigenvalue weighted by atomic mass is 10.1. The number of benzene rings is 1. The second-order valence-corrected chi connectivity index (χ2v) is 3.39. The zero-order chi connectivity index (χ0) is 9.68. The van der Waals surface area contributed by atoms with Crippen molar-refractivity contribution in [3.05, 3.63) is 34.9 Å². The van der Waals surface area contributed by atoms with Crippen molar-refractivity contribution < 1.29 is 5.11 Å². The van der Waals surface area contributed by atoms with E-state index < -0.39 is 0 Å². The van der Waals surface area contributed by atoms with Crippen molar-refractivity contribution in [2.24, 2.45) is 0 Å². The molecule has 2 nitrogen and oxygen atoms in total. The van der Waals surface area contributed by atoms with Crippen molar-refractivity contribution in [3.63, 3.8) is 0 Å². The first-order valence-corrected chi connectivity index (χ1v) is 4.71. The zero-order valence-electron chi connectivity index (χ0n) is 7.63. The summed E-state index contributed by atoms with van der Waals surface area (Å²) in [5.41, 5.74) is 1.14. The first kappa shape index (κ1) is 10.5. The van der Waals surface area contributed by atoms with E-state index in [1.54, 1.807) is 0 Å². The lowest BCUT2D eigenvalue weighted by Crippen LogP contribution is -2.21. The Kier molecular flexibility index (Phi) is 4.22. The Hall–Kier alpha value is -0.570. The summed E-state index contributed by atoms with van der Waals surface area (Å²) in [6.07, 6.45) is 0. The molecule has 0 radical (unpaired) electrons. The van der Waals surface area contributed by atoms with E-state index >= 15 is 0 Å². The van der Waals surface area contributed by atoms with Crippen LogP contribution in [0, 0.1) is 0 Å². The number of hydrogen-bond acceptors (Lipinski definition) is 2. The third-order valence-corrected chi connectivity index (χ3v) is 2.15. The molecule has 0 aliphatic rings. The van der Waals surface area contributed by atoms with Gasteiger partial charge >= 0.3 is 0 Å². The van der Waals surface area contributed by atoms with Gasteiger partial charge in [0.2, 0.25) is 0 Å². The van der Waals surface area contributed by atoms with Crippen LogP contribution in [0.4, 0.5) is 0 Å². The van der Waals surface area contributed by atoms with Crippen LogP contribution in [-0.2, 0) is 0 Å². The van der Waals surface area contributed by atoms with E-state index in [1.165, 1.54) is 0 Å². The molecule has 1 atom stereocenters. The van der Waals surface area contributed by atoms with E-state index in [4.69, 9.17) is 16.7 Å². The molecule has 1 rings (SSSR count). The molecule has 0 bridgehead atoms. The smallest absolute Gasteiger partial charge is 0.0556 e. The first-order valence-electron chi connectivity index (χ1n) is 4.33. The van der Waals surface area contributed by atoms with Crippen LogP contribution in [0.5, 0.6) is 0 Å². The highest BCUT2D eigenvalue weighted by Crippen LogP contribution is 2.16. The monoisotopic (exact) mass is 199 g/mol. The highest BCUT2D eigenvalue weighted by molar-refractivity contribution is 6.30. The second-order valence-electron chi connectivity index (χ2n) is 2.95. The van der Waals surface area contributed by atoms with Gasteiger partial charge in [0, 0.05) is 17.6 Å². The van der Waals surface area contributed by atoms with E-state index in [2.05, 4.69) is 5.32 Å². The normalized spacial score (nSPS) is 12.8. The number of hydrogen-bond donors (Lipinski definition) is 2. The fraction of sp³-hybridized carbons (Fsp3) is 0.400. The molecule has 3 heteroatoms. The summed E-state index contributed by atoms with van der Waals surface area (Å²) in [6, 6.07) is 7.95. The Morgan fingerprint density at radius 1 is 1.54 bits per heavy atom. The Morgan fingerprint density at radius 3 is 2.92 bits per heavy atom. The Bertz CT molecular complexity index is 265. The van der Waals surface area contributed by atoms with Crippen LogP contribution in [0.1, 0.15) is 18.5 Å². The molecule has 0 saturated carbocycles. The lowest BCUT2D eigenvalue weighted by Gasteiger charge is -2.13. The standard InChI is InChI=1S/C10H14ClNO/c1-8(12-5-6-13)9-3-2-4-10(11)7-9/h2-4,7-8,12-13H,5-6H2,1H3/t8-/m0/s1. The zero-order valence-corrected chi connectivity index (χ0v) is 8.38. The average Bonchev–Trinajstić information content (AvgIpc) is 2.14. The topological polar surface area (TPSA) is 32.3 Å². The quantitative estimate of drug-likeness (QED) is 0.778. The molecular formula is C10H14ClNO. The Labute approximate surface area is 83.5 Å². The van der Waals surface area contributed by atoms with Crippen LogP contribution >= 0.6 is 11.6 Å². The van der Waals surface area contributed by atoms with Crippen LogP contribution in [0.2, 0.25) is 5.02 Å². The molecule has 0 heterocycles. The first-order chi connectivity index (χ1) is 6.24. The van der Waals surface area contributed by atoms with E-state index in [-0.39, 0.29) is 12.6 Å². The number of nitrogens with one attached hydrogen (secondary N) is 1. The minimum atomic E-state index is 0.158. The largest absolute Gasteiger partial charge is 0.395 e. The van der Waals surface area contributed by atoms with Gasteiger partial charge in [-0.15, -0.1) is 0 Å². The van der Waals surface area contributed by atoms with Crippen molar-refractivity contribution in [1.29, 1.82) is 0 Å². The molecule has 0 amide bonds. The van der Waals surface area contributed by atoms with Crippen molar-refractivity contribution >= 4 is 11.6 Å². The predicted molar refractivity (Wildman–Crippen MR) is 55.0 cm³/mol. The molecule has 0 aliphatic heterocycles. The van der Waals surface area contributed by atoms with Gasteiger partial charge in [0.1, 0.15) is 0 Å². The fourth-order valence-corrected chi connectivity index (χ4v) is 1.37. The van der Waals surface area contributed by atoms with E-state index in [0.717, 1.165) is 10.6 Å². The van der Waals surface area contributed by atoms with Gasteiger partial charge in [0.05, 0.1) is 6.61 Å². The highest BCUT2D eigenvalue weighted by Gasteiger charge is 2.03. The maximum atomic E-state index is 8.63. The van der Waals surface area contributed by atoms with Crippen molar-refractivity contribution in [2.75, 3.05) is 13.2 Å². The molecular weight excluding hydrogens is 186 g/mol. The molecule has 2 N–H and O–H groups in total. The maximum Gasteiger partial charge on any atom is 0.0556 e. The summed E-state index contributed by atoms with van der Waals surface area (Å²) >= 11 is 5.85. The highest BCUT2D eigenvalue weighted by atomic mass is 35.5. The third-order valence-electron chi connectivity index (χ3n) is 1.91. The van der Waals surface area contributed by atoms with Gasteiger partial charge < -0.3 is 10.4 Å². The number of aliphatic hydroxyl groups is 1. The molecule has 0 aromatic heterocycles.